The zero-order valence-electron chi connectivity index (χ0n) is 15.9. The predicted octanol–water partition coefficient (Wildman–Crippen LogP) is 3.58. The van der Waals surface area contributed by atoms with Gasteiger partial charge in [0, 0.05) is 25.1 Å². The Morgan fingerprint density at radius 2 is 1.75 bits per heavy atom. The lowest BCUT2D eigenvalue weighted by Crippen LogP contribution is -2.33. The molecule has 0 amide bonds. The van der Waals surface area contributed by atoms with Crippen LogP contribution in [-0.2, 0) is 14.8 Å². The fourth-order valence-electron chi connectivity index (χ4n) is 3.18. The number of anilines is 1. The Labute approximate surface area is 163 Å². The number of aryl methyl sites for hydroxylation is 3. The summed E-state index contributed by atoms with van der Waals surface area (Å²) in [5.74, 6) is -1.02. The van der Waals surface area contributed by atoms with E-state index in [0.717, 1.165) is 27.1 Å². The van der Waals surface area contributed by atoms with Crippen LogP contribution in [0.4, 0.5) is 11.4 Å². The highest BCUT2D eigenvalue weighted by Gasteiger charge is 2.28. The molecule has 0 radical (unpaired) electrons. The lowest BCUT2D eigenvalue weighted by Gasteiger charge is -2.28. The fourth-order valence-corrected chi connectivity index (χ4v) is 4.85. The monoisotopic (exact) mass is 406 g/mol. The number of aliphatic carboxylic acids is 1. The van der Waals surface area contributed by atoms with Crippen molar-refractivity contribution >= 4 is 27.4 Å². The molecule has 0 atom stereocenters. The molecule has 0 fully saturated rings. The van der Waals surface area contributed by atoms with Gasteiger partial charge < -0.3 is 5.11 Å². The molecule has 0 spiro atoms. The minimum atomic E-state index is -4.13. The molecule has 0 aliphatic carbocycles. The van der Waals surface area contributed by atoms with Crippen LogP contribution in [-0.4, -0.2) is 31.0 Å². The highest BCUT2D eigenvalue weighted by molar-refractivity contribution is 7.92. The van der Waals surface area contributed by atoms with Gasteiger partial charge in [0.15, 0.2) is 0 Å². The molecular formula is C19H22N2O6S. The predicted molar refractivity (Wildman–Crippen MR) is 105 cm³/mol. The van der Waals surface area contributed by atoms with Crippen LogP contribution < -0.4 is 4.31 Å². The second-order valence-corrected chi connectivity index (χ2v) is 8.44. The molecule has 8 nitrogen and oxygen atoms in total. The molecule has 0 saturated heterocycles. The zero-order chi connectivity index (χ0) is 21.1. The van der Waals surface area contributed by atoms with Gasteiger partial charge in [0.2, 0.25) is 0 Å². The molecule has 9 heteroatoms. The average molecular weight is 406 g/mol. The van der Waals surface area contributed by atoms with Gasteiger partial charge in [-0.1, -0.05) is 23.8 Å². The van der Waals surface area contributed by atoms with E-state index in [1.54, 1.807) is 13.8 Å². The van der Waals surface area contributed by atoms with Crippen LogP contribution in [0.2, 0.25) is 0 Å². The van der Waals surface area contributed by atoms with Gasteiger partial charge in [-0.2, -0.15) is 0 Å². The summed E-state index contributed by atoms with van der Waals surface area (Å²) in [6.07, 6.45) is -0.0822. The number of hydrogen-bond donors (Lipinski definition) is 1. The minimum absolute atomic E-state index is 0.0535. The number of carboxylic acid groups (broad SMARTS) is 1. The molecule has 0 aliphatic rings. The van der Waals surface area contributed by atoms with Crippen molar-refractivity contribution in [2.75, 3.05) is 10.8 Å². The number of carboxylic acids is 1. The van der Waals surface area contributed by atoms with Gasteiger partial charge in [-0.25, -0.2) is 8.42 Å². The number of non-ortho nitro benzene ring substituents is 1. The summed E-state index contributed by atoms with van der Waals surface area (Å²) in [7, 11) is -4.13. The third-order valence-electron chi connectivity index (χ3n) is 4.25. The molecule has 1 N–H and O–H groups in total. The summed E-state index contributed by atoms with van der Waals surface area (Å²) in [6.45, 7) is 5.40. The first-order valence-corrected chi connectivity index (χ1v) is 10.0. The van der Waals surface area contributed by atoms with Gasteiger partial charge in [-0.05, 0) is 44.4 Å². The van der Waals surface area contributed by atoms with Crippen LogP contribution in [0, 0.1) is 30.9 Å². The Morgan fingerprint density at radius 3 is 2.29 bits per heavy atom. The van der Waals surface area contributed by atoms with E-state index in [1.165, 1.54) is 18.2 Å². The highest BCUT2D eigenvalue weighted by Crippen LogP contribution is 2.32. The standard InChI is InChI=1S/C19H22N2O6S/c1-13-10-14(2)19(15(3)11-13)20(9-5-8-18(22)23)28(26,27)17-7-4-6-16(12-17)21(24)25/h4,6-7,10-12H,5,8-9H2,1-3H3,(H,22,23). The van der Waals surface area contributed by atoms with Crippen LogP contribution >= 0.6 is 0 Å². The SMILES string of the molecule is Cc1cc(C)c(N(CCCC(=O)O)S(=O)(=O)c2cccc([N+](=O)[O-])c2)c(C)c1. The lowest BCUT2D eigenvalue weighted by molar-refractivity contribution is -0.385. The molecule has 0 aliphatic heterocycles. The molecule has 2 aromatic carbocycles. The van der Waals surface area contributed by atoms with E-state index < -0.39 is 20.9 Å². The van der Waals surface area contributed by atoms with Crippen LogP contribution in [0.1, 0.15) is 29.5 Å². The van der Waals surface area contributed by atoms with E-state index in [9.17, 15) is 23.3 Å². The molecule has 0 saturated carbocycles. The molecule has 0 unspecified atom stereocenters. The van der Waals surface area contributed by atoms with Crippen molar-refractivity contribution in [3.63, 3.8) is 0 Å². The first kappa shape index (κ1) is 21.4. The van der Waals surface area contributed by atoms with Crippen molar-refractivity contribution in [1.82, 2.24) is 0 Å². The smallest absolute Gasteiger partial charge is 0.303 e. The number of rotatable bonds is 8. The Morgan fingerprint density at radius 1 is 1.14 bits per heavy atom. The van der Waals surface area contributed by atoms with Crippen LogP contribution in [0.3, 0.4) is 0 Å². The first-order chi connectivity index (χ1) is 13.0. The summed E-state index contributed by atoms with van der Waals surface area (Å²) in [5, 5.41) is 20.0. The van der Waals surface area contributed by atoms with Crippen molar-refractivity contribution in [2.24, 2.45) is 0 Å². The van der Waals surface area contributed by atoms with E-state index in [2.05, 4.69) is 0 Å². The second kappa shape index (κ2) is 8.39. The van der Waals surface area contributed by atoms with Crippen LogP contribution in [0.25, 0.3) is 0 Å². The van der Waals surface area contributed by atoms with E-state index in [-0.39, 0.29) is 30.0 Å². The summed E-state index contributed by atoms with van der Waals surface area (Å²) in [4.78, 5) is 21.1. The minimum Gasteiger partial charge on any atom is -0.481 e. The van der Waals surface area contributed by atoms with Gasteiger partial charge in [-0.3, -0.25) is 19.2 Å². The van der Waals surface area contributed by atoms with Crippen LogP contribution in [0.5, 0.6) is 0 Å². The molecule has 2 aromatic rings. The van der Waals surface area contributed by atoms with E-state index in [0.29, 0.717) is 5.69 Å². The maximum Gasteiger partial charge on any atom is 0.303 e. The second-order valence-electron chi connectivity index (χ2n) is 6.58. The lowest BCUT2D eigenvalue weighted by atomic mass is 10.0. The Kier molecular flexibility index (Phi) is 6.40. The fraction of sp³-hybridized carbons (Fsp3) is 0.316. The molecule has 2 rings (SSSR count). The number of hydrogen-bond acceptors (Lipinski definition) is 5. The third kappa shape index (κ3) is 4.66. The van der Waals surface area contributed by atoms with Crippen LogP contribution in [0.15, 0.2) is 41.3 Å². The van der Waals surface area contributed by atoms with Crippen molar-refractivity contribution < 1.29 is 23.2 Å². The number of sulfonamides is 1. The van der Waals surface area contributed by atoms with Crippen molar-refractivity contribution in [3.8, 4) is 0 Å². The van der Waals surface area contributed by atoms with E-state index in [4.69, 9.17) is 5.11 Å². The normalized spacial score (nSPS) is 11.2. The largest absolute Gasteiger partial charge is 0.481 e. The quantitative estimate of drug-likeness (QED) is 0.529. The summed E-state index contributed by atoms with van der Waals surface area (Å²) in [6, 6.07) is 8.53. The van der Waals surface area contributed by atoms with E-state index >= 15 is 0 Å². The summed E-state index contributed by atoms with van der Waals surface area (Å²) >= 11 is 0. The van der Waals surface area contributed by atoms with Gasteiger partial charge in [0.05, 0.1) is 15.5 Å². The van der Waals surface area contributed by atoms with Gasteiger partial charge in [0.25, 0.3) is 15.7 Å². The third-order valence-corrected chi connectivity index (χ3v) is 6.05. The molecule has 0 aromatic heterocycles. The number of benzene rings is 2. The Hall–Kier alpha value is -2.94. The molecule has 150 valence electrons. The Balaban J connectivity index is 2.59. The molecular weight excluding hydrogens is 384 g/mol. The molecule has 28 heavy (non-hydrogen) atoms. The summed E-state index contributed by atoms with van der Waals surface area (Å²) in [5.41, 5.74) is 2.55. The number of nitrogens with zero attached hydrogens (tertiary/aromatic N) is 2. The molecule has 0 heterocycles. The van der Waals surface area contributed by atoms with Crippen molar-refractivity contribution in [1.29, 1.82) is 0 Å². The molecule has 0 bridgehead atoms. The van der Waals surface area contributed by atoms with Gasteiger partial charge >= 0.3 is 5.97 Å². The van der Waals surface area contributed by atoms with Gasteiger partial charge in [-0.15, -0.1) is 0 Å². The highest BCUT2D eigenvalue weighted by atomic mass is 32.2. The van der Waals surface area contributed by atoms with E-state index in [1.807, 2.05) is 19.1 Å². The average Bonchev–Trinajstić information content (AvgIpc) is 2.59. The maximum absolute atomic E-state index is 13.3. The zero-order valence-corrected chi connectivity index (χ0v) is 16.7. The van der Waals surface area contributed by atoms with Gasteiger partial charge in [0.1, 0.15) is 0 Å². The Bertz CT molecular complexity index is 994. The number of nitro benzene ring substituents is 1. The number of carbonyl (C=O) groups is 1. The maximum atomic E-state index is 13.3. The summed E-state index contributed by atoms with van der Waals surface area (Å²) < 4.78 is 27.8. The van der Waals surface area contributed by atoms with Crippen molar-refractivity contribution in [3.05, 3.63) is 63.2 Å². The first-order valence-electron chi connectivity index (χ1n) is 8.61. The topological polar surface area (TPSA) is 118 Å². The number of nitro groups is 1. The van der Waals surface area contributed by atoms with Crippen molar-refractivity contribution in [2.45, 2.75) is 38.5 Å².